The number of carbonyl (C=O) groups excluding carboxylic acids is 3. The topological polar surface area (TPSA) is 124 Å². The smallest absolute Gasteiger partial charge is 0.460 e. The monoisotopic (exact) mass is 793 g/mol. The first kappa shape index (κ1) is 40.8. The van der Waals surface area contributed by atoms with Gasteiger partial charge >= 0.3 is 18.3 Å². The van der Waals surface area contributed by atoms with Gasteiger partial charge in [0, 0.05) is 69.2 Å². The Labute approximate surface area is 300 Å². The highest BCUT2D eigenvalue weighted by molar-refractivity contribution is 9.11. The number of aryl methyl sites for hydroxylation is 1. The maximum Gasteiger partial charge on any atom is 0.519 e. The van der Waals surface area contributed by atoms with Crippen LogP contribution in [0.5, 0.6) is 0 Å². The third kappa shape index (κ3) is 14.8. The van der Waals surface area contributed by atoms with Gasteiger partial charge in [-0.3, -0.25) is 4.79 Å². The fourth-order valence-corrected chi connectivity index (χ4v) is 5.27. The molecule has 2 N–H and O–H groups in total. The summed E-state index contributed by atoms with van der Waals surface area (Å²) in [5, 5.41) is 2.45. The van der Waals surface area contributed by atoms with Crippen LogP contribution in [0.4, 0.5) is 9.59 Å². The number of hydrogen-bond donors (Lipinski definition) is 1. The van der Waals surface area contributed by atoms with Crippen LogP contribution < -0.4 is 5.73 Å². The molecule has 2 aromatic carbocycles. The second-order valence-corrected chi connectivity index (χ2v) is 15.6. The molecule has 4 rings (SSSR count). The number of nitrogens with zero attached hydrogens (tertiary/aromatic N) is 2. The highest BCUT2D eigenvalue weighted by atomic mass is 79.9. The van der Waals surface area contributed by atoms with Crippen molar-refractivity contribution in [1.29, 1.82) is 0 Å². The molecule has 10 nitrogen and oxygen atoms in total. The molecule has 0 fully saturated rings. The van der Waals surface area contributed by atoms with Crippen LogP contribution in [0.3, 0.4) is 0 Å². The van der Waals surface area contributed by atoms with Crippen molar-refractivity contribution in [2.75, 3.05) is 6.54 Å². The summed E-state index contributed by atoms with van der Waals surface area (Å²) in [4.78, 5) is 33.7. The van der Waals surface area contributed by atoms with E-state index in [2.05, 4.69) is 88.5 Å². The first-order chi connectivity index (χ1) is 22.2. The summed E-state index contributed by atoms with van der Waals surface area (Å²) in [5.41, 5.74) is 6.14. The fourth-order valence-electron chi connectivity index (χ4n) is 4.30. The van der Waals surface area contributed by atoms with E-state index in [1.165, 1.54) is 21.8 Å². The van der Waals surface area contributed by atoms with Crippen LogP contribution in [0, 0.1) is 0 Å². The predicted molar refractivity (Wildman–Crippen MR) is 197 cm³/mol. The minimum atomic E-state index is -1.06. The lowest BCUT2D eigenvalue weighted by Crippen LogP contribution is -2.29. The summed E-state index contributed by atoms with van der Waals surface area (Å²) in [5.74, 6) is -0.129. The molecule has 0 saturated heterocycles. The van der Waals surface area contributed by atoms with Gasteiger partial charge in [0.1, 0.15) is 16.8 Å². The minimum absolute atomic E-state index is 0.129. The van der Waals surface area contributed by atoms with Crippen LogP contribution in [0.1, 0.15) is 75.2 Å². The molecule has 0 saturated carbocycles. The highest BCUT2D eigenvalue weighted by Crippen LogP contribution is 2.26. The van der Waals surface area contributed by atoms with Crippen molar-refractivity contribution in [3.8, 4) is 0 Å². The summed E-state index contributed by atoms with van der Waals surface area (Å²) in [7, 11) is 0. The zero-order valence-electron chi connectivity index (χ0n) is 29.4. The van der Waals surface area contributed by atoms with E-state index in [1.54, 1.807) is 41.5 Å². The summed E-state index contributed by atoms with van der Waals surface area (Å²) < 4.78 is 25.7. The SMILES string of the molecule is CC(C)(C)OC(=O)CCCn1ccc2c(Br)cccc21.CC(C)(C)OC(=O)OC(=O)OC(C)(C)C.NCCn1ccc2c(Br)cccc21. The van der Waals surface area contributed by atoms with Gasteiger partial charge in [-0.15, -0.1) is 0 Å². The maximum atomic E-state index is 11.7. The molecule has 0 aliphatic carbocycles. The van der Waals surface area contributed by atoms with E-state index in [-0.39, 0.29) is 5.97 Å². The van der Waals surface area contributed by atoms with E-state index in [0.29, 0.717) is 13.0 Å². The van der Waals surface area contributed by atoms with Crippen molar-refractivity contribution in [1.82, 2.24) is 9.13 Å². The molecular weight excluding hydrogens is 746 g/mol. The third-order valence-electron chi connectivity index (χ3n) is 6.04. The summed E-state index contributed by atoms with van der Waals surface area (Å²) in [6.45, 7) is 18.1. The predicted octanol–water partition coefficient (Wildman–Crippen LogP) is 9.76. The largest absolute Gasteiger partial charge is 0.519 e. The van der Waals surface area contributed by atoms with Crippen LogP contribution in [0.2, 0.25) is 0 Å². The molecule has 0 unspecified atom stereocenters. The Balaban J connectivity index is 0.000000257. The van der Waals surface area contributed by atoms with Crippen LogP contribution in [-0.2, 0) is 36.8 Å². The van der Waals surface area contributed by atoms with Crippen LogP contribution in [0.25, 0.3) is 21.8 Å². The lowest BCUT2D eigenvalue weighted by molar-refractivity contribution is -0.154. The number of ether oxygens (including phenoxy) is 4. The van der Waals surface area contributed by atoms with Crippen LogP contribution >= 0.6 is 31.9 Å². The Hall–Kier alpha value is -3.35. The average molecular weight is 796 g/mol. The van der Waals surface area contributed by atoms with E-state index in [4.69, 9.17) is 19.9 Å². The minimum Gasteiger partial charge on any atom is -0.460 e. The van der Waals surface area contributed by atoms with E-state index in [1.807, 2.05) is 39.0 Å². The van der Waals surface area contributed by atoms with Crippen LogP contribution in [-0.4, -0.2) is 50.8 Å². The standard InChI is InChI=1S/C16H20BrNO2.C10H11BrN2.C10H18O5/c1-16(2,3)20-15(19)8-5-10-18-11-9-12-13(17)6-4-7-14(12)18;11-9-2-1-3-10-8(9)4-6-13(10)7-5-12;1-9(2,3)14-7(11)13-8(12)15-10(4,5)6/h4,6-7,9,11H,5,8,10H2,1-3H3;1-4,6H,5,7,12H2;1-6H3. The highest BCUT2D eigenvalue weighted by Gasteiger charge is 2.24. The molecule has 0 aliphatic rings. The third-order valence-corrected chi connectivity index (χ3v) is 7.42. The number of esters is 1. The molecule has 0 radical (unpaired) electrons. The van der Waals surface area contributed by atoms with E-state index in [0.717, 1.165) is 28.5 Å². The molecule has 0 amide bonds. The number of halogens is 2. The lowest BCUT2D eigenvalue weighted by Gasteiger charge is -2.20. The van der Waals surface area contributed by atoms with Gasteiger partial charge in [0.25, 0.3) is 0 Å². The zero-order chi connectivity index (χ0) is 36.3. The molecule has 2 aromatic heterocycles. The molecule has 12 heteroatoms. The number of nitrogens with two attached hydrogens (primary N) is 1. The Morgan fingerprint density at radius 2 is 1.06 bits per heavy atom. The average Bonchev–Trinajstić information content (AvgIpc) is 3.52. The molecule has 0 spiro atoms. The van der Waals surface area contributed by atoms with E-state index >= 15 is 0 Å². The van der Waals surface area contributed by atoms with Crippen molar-refractivity contribution in [3.05, 3.63) is 69.9 Å². The fraction of sp³-hybridized carbons (Fsp3) is 0.472. The molecule has 0 aliphatic heterocycles. The number of benzene rings is 2. The summed E-state index contributed by atoms with van der Waals surface area (Å²) in [6, 6.07) is 16.5. The first-order valence-corrected chi connectivity index (χ1v) is 17.3. The van der Waals surface area contributed by atoms with E-state index < -0.39 is 29.1 Å². The quantitative estimate of drug-likeness (QED) is 0.116. The summed E-state index contributed by atoms with van der Waals surface area (Å²) >= 11 is 7.06. The van der Waals surface area contributed by atoms with Crippen molar-refractivity contribution < 1.29 is 33.3 Å². The van der Waals surface area contributed by atoms with Gasteiger partial charge < -0.3 is 33.8 Å². The number of hydrogen-bond acceptors (Lipinski definition) is 8. The Kier molecular flexibility index (Phi) is 15.2. The van der Waals surface area contributed by atoms with Crippen molar-refractivity contribution >= 4 is 71.9 Å². The van der Waals surface area contributed by atoms with Gasteiger partial charge in [0.2, 0.25) is 0 Å². The van der Waals surface area contributed by atoms with E-state index in [9.17, 15) is 14.4 Å². The maximum absolute atomic E-state index is 11.7. The molecule has 264 valence electrons. The Bertz CT molecular complexity index is 1630. The van der Waals surface area contributed by atoms with Gasteiger partial charge in [0.15, 0.2) is 0 Å². The van der Waals surface area contributed by atoms with Gasteiger partial charge in [-0.1, -0.05) is 44.0 Å². The van der Waals surface area contributed by atoms with Gasteiger partial charge in [-0.05, 0) is 105 Å². The number of rotatable bonds is 6. The zero-order valence-corrected chi connectivity index (χ0v) is 32.6. The number of carbonyl (C=O) groups is 3. The lowest BCUT2D eigenvalue weighted by atomic mass is 10.2. The molecular formula is C36H49Br2N3O7. The molecule has 2 heterocycles. The van der Waals surface area contributed by atoms with Crippen molar-refractivity contribution in [2.45, 2.75) is 105 Å². The number of aromatic nitrogens is 2. The van der Waals surface area contributed by atoms with Crippen LogP contribution in [0.15, 0.2) is 69.9 Å². The van der Waals surface area contributed by atoms with Crippen molar-refractivity contribution in [2.24, 2.45) is 5.73 Å². The second kappa shape index (κ2) is 17.9. The second-order valence-electron chi connectivity index (χ2n) is 13.9. The van der Waals surface area contributed by atoms with Gasteiger partial charge in [-0.25, -0.2) is 9.59 Å². The molecule has 4 aromatic rings. The first-order valence-electron chi connectivity index (χ1n) is 15.7. The Morgan fingerprint density at radius 3 is 1.46 bits per heavy atom. The summed E-state index contributed by atoms with van der Waals surface area (Å²) in [6.07, 6.45) is 3.25. The molecule has 48 heavy (non-hydrogen) atoms. The van der Waals surface area contributed by atoms with Gasteiger partial charge in [-0.2, -0.15) is 0 Å². The molecule has 0 bridgehead atoms. The number of fused-ring (bicyclic) bond motifs is 2. The molecule has 0 atom stereocenters. The van der Waals surface area contributed by atoms with Gasteiger partial charge in [0.05, 0.1) is 0 Å². The normalized spacial score (nSPS) is 11.6. The van der Waals surface area contributed by atoms with Crippen molar-refractivity contribution in [3.63, 3.8) is 0 Å². The Morgan fingerprint density at radius 1 is 0.646 bits per heavy atom.